The van der Waals surface area contributed by atoms with Crippen LogP contribution in [0.5, 0.6) is 0 Å². The van der Waals surface area contributed by atoms with Crippen molar-refractivity contribution in [3.05, 3.63) is 143 Å². The average molecular weight is 918 g/mol. The zero-order valence-corrected chi connectivity index (χ0v) is 45.3. The van der Waals surface area contributed by atoms with Crippen LogP contribution in [0.4, 0.5) is 0 Å². The van der Waals surface area contributed by atoms with Gasteiger partial charge in [0.25, 0.3) is 6.71 Å². The molecule has 0 saturated heterocycles. The number of hydrogen-bond donors (Lipinski definition) is 0. The van der Waals surface area contributed by atoms with Crippen LogP contribution >= 0.6 is 0 Å². The van der Waals surface area contributed by atoms with Gasteiger partial charge < -0.3 is 13.7 Å². The van der Waals surface area contributed by atoms with Gasteiger partial charge in [0, 0.05) is 49.0 Å². The van der Waals surface area contributed by atoms with E-state index in [1.165, 1.54) is 132 Å². The second-order valence-corrected chi connectivity index (χ2v) is 27.7. The van der Waals surface area contributed by atoms with Crippen molar-refractivity contribution in [2.75, 3.05) is 0 Å². The summed E-state index contributed by atoms with van der Waals surface area (Å²) in [7, 11) is 0. The van der Waals surface area contributed by atoms with Crippen molar-refractivity contribution in [1.29, 1.82) is 0 Å². The van der Waals surface area contributed by atoms with Crippen molar-refractivity contribution in [2.24, 2.45) is 0 Å². The Balaban J connectivity index is 1.33. The largest absolute Gasteiger partial charge is 0.310 e. The number of fused-ring (bicyclic) bond motifs is 13. The lowest BCUT2D eigenvalue weighted by atomic mass is 9.33. The Hall–Kier alpha value is -6.00. The van der Waals surface area contributed by atoms with Crippen molar-refractivity contribution in [2.45, 2.75) is 157 Å². The van der Waals surface area contributed by atoms with Crippen LogP contribution in [0.25, 0.3) is 82.5 Å². The molecule has 0 unspecified atom stereocenters. The van der Waals surface area contributed by atoms with Gasteiger partial charge in [-0.05, 0) is 155 Å². The Bertz CT molecular complexity index is 3860. The molecule has 4 heteroatoms. The highest BCUT2D eigenvalue weighted by Crippen LogP contribution is 2.46. The monoisotopic (exact) mass is 918 g/mol. The molecule has 5 heterocycles. The minimum atomic E-state index is -0.0675. The molecule has 7 aromatic carbocycles. The molecule has 0 amide bonds. The summed E-state index contributed by atoms with van der Waals surface area (Å²) in [6.45, 7) is 42.5. The molecule has 12 rings (SSSR count). The van der Waals surface area contributed by atoms with Gasteiger partial charge in [0.2, 0.25) is 0 Å². The Kier molecular flexibility index (Phi) is 8.97. The highest BCUT2D eigenvalue weighted by atomic mass is 15.1. The van der Waals surface area contributed by atoms with Crippen molar-refractivity contribution in [3.8, 4) is 17.1 Å². The van der Waals surface area contributed by atoms with E-state index in [0.717, 1.165) is 0 Å². The molecular formula is C66H72BN3. The lowest BCUT2D eigenvalue weighted by molar-refractivity contribution is 0.590. The van der Waals surface area contributed by atoms with E-state index in [9.17, 15) is 0 Å². The molecule has 10 aromatic rings. The summed E-state index contributed by atoms with van der Waals surface area (Å²) in [6.07, 6.45) is 0. The smallest absolute Gasteiger partial charge is 0.252 e. The van der Waals surface area contributed by atoms with Crippen molar-refractivity contribution in [1.82, 2.24) is 13.7 Å². The van der Waals surface area contributed by atoms with E-state index < -0.39 is 0 Å². The third-order valence-electron chi connectivity index (χ3n) is 16.5. The fraction of sp³-hybridized carbons (Fsp3) is 0.364. The molecule has 3 nitrogen and oxygen atoms in total. The fourth-order valence-electron chi connectivity index (χ4n) is 12.3. The first kappa shape index (κ1) is 45.2. The summed E-state index contributed by atoms with van der Waals surface area (Å²) >= 11 is 0. The van der Waals surface area contributed by atoms with Gasteiger partial charge in [-0.3, -0.25) is 0 Å². The Morgan fingerprint density at radius 2 is 0.586 bits per heavy atom. The van der Waals surface area contributed by atoms with Crippen LogP contribution in [0.2, 0.25) is 0 Å². The molecular weight excluding hydrogens is 846 g/mol. The maximum absolute atomic E-state index is 2.72. The lowest BCUT2D eigenvalue weighted by Crippen LogP contribution is -2.60. The predicted octanol–water partition coefficient (Wildman–Crippen LogP) is 15.9. The van der Waals surface area contributed by atoms with Crippen molar-refractivity contribution < 1.29 is 0 Å². The summed E-state index contributed by atoms with van der Waals surface area (Å²) in [5.74, 6) is 0. The highest BCUT2D eigenvalue weighted by Gasteiger charge is 2.44. The number of nitrogens with zero attached hydrogens (tertiary/aromatic N) is 3. The Morgan fingerprint density at radius 3 is 0.957 bits per heavy atom. The number of benzene rings is 7. The molecule has 0 N–H and O–H groups in total. The fourth-order valence-corrected chi connectivity index (χ4v) is 12.3. The van der Waals surface area contributed by atoms with E-state index in [2.05, 4.69) is 248 Å². The predicted molar refractivity (Wildman–Crippen MR) is 306 cm³/mol. The number of hydrogen-bond acceptors (Lipinski definition) is 0. The van der Waals surface area contributed by atoms with Crippen molar-refractivity contribution >= 4 is 88.5 Å². The SMILES string of the molecule is CC(C)(C)c1ccc2c(c1)c1cc(C(C)(C)C)ccc1n2-c1ccc2c3c1-n1c4ccc(C(C)(C)C)cc4c4cc(C(C)(C)C)cc(c41)B3c1cc(C(C)(C)C)cc3c4cc(C(C)(C)C)ccc4n-2c13. The van der Waals surface area contributed by atoms with E-state index in [-0.39, 0.29) is 39.2 Å². The molecule has 354 valence electrons. The van der Waals surface area contributed by atoms with Gasteiger partial charge in [-0.25, -0.2) is 0 Å². The third-order valence-corrected chi connectivity index (χ3v) is 16.5. The van der Waals surface area contributed by atoms with E-state index >= 15 is 0 Å². The maximum Gasteiger partial charge on any atom is 0.252 e. The molecule has 70 heavy (non-hydrogen) atoms. The van der Waals surface area contributed by atoms with Gasteiger partial charge in [-0.2, -0.15) is 0 Å². The Morgan fingerprint density at radius 1 is 0.286 bits per heavy atom. The molecule has 0 radical (unpaired) electrons. The van der Waals surface area contributed by atoms with Gasteiger partial charge in [-0.15, -0.1) is 0 Å². The molecule has 2 aliphatic heterocycles. The van der Waals surface area contributed by atoms with Crippen LogP contribution in [0.1, 0.15) is 158 Å². The molecule has 2 aliphatic rings. The molecule has 0 saturated carbocycles. The van der Waals surface area contributed by atoms with Crippen LogP contribution in [0, 0.1) is 0 Å². The van der Waals surface area contributed by atoms with Crippen LogP contribution < -0.4 is 16.4 Å². The maximum atomic E-state index is 2.72. The molecule has 0 fully saturated rings. The topological polar surface area (TPSA) is 14.8 Å². The van der Waals surface area contributed by atoms with E-state index in [1.807, 2.05) is 0 Å². The van der Waals surface area contributed by atoms with Crippen LogP contribution in [0.3, 0.4) is 0 Å². The third kappa shape index (κ3) is 6.33. The molecule has 0 aliphatic carbocycles. The number of rotatable bonds is 1. The van der Waals surface area contributed by atoms with E-state index in [1.54, 1.807) is 0 Å². The van der Waals surface area contributed by atoms with E-state index in [4.69, 9.17) is 0 Å². The second-order valence-electron chi connectivity index (χ2n) is 27.7. The summed E-state index contributed by atoms with van der Waals surface area (Å²) in [5.41, 5.74) is 23.8. The van der Waals surface area contributed by atoms with Crippen LogP contribution in [-0.2, 0) is 32.5 Å². The Labute approximate surface area is 417 Å². The average Bonchev–Trinajstić information content (AvgIpc) is 3.89. The molecule has 0 spiro atoms. The minimum Gasteiger partial charge on any atom is -0.310 e. The van der Waals surface area contributed by atoms with Gasteiger partial charge in [0.1, 0.15) is 0 Å². The zero-order chi connectivity index (χ0) is 49.9. The summed E-state index contributed by atoms with van der Waals surface area (Å²) in [6, 6.07) is 44.6. The zero-order valence-electron chi connectivity index (χ0n) is 45.3. The van der Waals surface area contributed by atoms with Crippen LogP contribution in [0.15, 0.2) is 109 Å². The highest BCUT2D eigenvalue weighted by molar-refractivity contribution is 7.00. The lowest BCUT2D eigenvalue weighted by Gasteiger charge is -2.36. The van der Waals surface area contributed by atoms with E-state index in [0.29, 0.717) is 0 Å². The van der Waals surface area contributed by atoms with Gasteiger partial charge >= 0.3 is 0 Å². The first-order chi connectivity index (χ1) is 32.5. The molecule has 0 bridgehead atoms. The first-order valence-electron chi connectivity index (χ1n) is 26.1. The first-order valence-corrected chi connectivity index (χ1v) is 26.1. The normalized spacial score (nSPS) is 14.4. The summed E-state index contributed by atoms with van der Waals surface area (Å²) in [5, 5.41) is 8.00. The molecule has 0 atom stereocenters. The summed E-state index contributed by atoms with van der Waals surface area (Å²) in [4.78, 5) is 0. The molecule has 3 aromatic heterocycles. The van der Waals surface area contributed by atoms with Gasteiger partial charge in [-0.1, -0.05) is 161 Å². The van der Waals surface area contributed by atoms with Crippen LogP contribution in [-0.4, -0.2) is 20.4 Å². The van der Waals surface area contributed by atoms with Gasteiger partial charge in [0.05, 0.1) is 33.4 Å². The quantitative estimate of drug-likeness (QED) is 0.146. The van der Waals surface area contributed by atoms with Crippen molar-refractivity contribution in [3.63, 3.8) is 0 Å². The summed E-state index contributed by atoms with van der Waals surface area (Å²) < 4.78 is 8.01. The number of aromatic nitrogens is 3. The van der Waals surface area contributed by atoms with Gasteiger partial charge in [0.15, 0.2) is 0 Å². The minimum absolute atomic E-state index is 0.00426. The second kappa shape index (κ2) is 13.9. The standard InChI is InChI=1S/C66H72BN3/c1-61(2,3)37-19-23-51-43(29-37)44-30-38(62(4,5)6)20-24-52(44)68(51)56-28-27-55-57-60(56)70-54-26-22-40(64(10,11)12)32-46(54)48-34-42(66(16,17)18)36-50(59(48)70)67(57)49-35-41(65(13,14)15)33-47-45-31-39(63(7,8)9)21-25-53(45)69(55)58(47)49/h19-36H,1-18H3.